The topological polar surface area (TPSA) is 86.8 Å². The van der Waals surface area contributed by atoms with E-state index in [2.05, 4.69) is 5.32 Å². The molecule has 0 heterocycles. The normalized spacial score (nSPS) is 12.9. The Morgan fingerprint density at radius 1 is 0.921 bits per heavy atom. The molecule has 0 radical (unpaired) electrons. The van der Waals surface area contributed by atoms with Crippen LogP contribution >= 0.6 is 11.6 Å². The van der Waals surface area contributed by atoms with Crippen LogP contribution in [0, 0.1) is 6.92 Å². The molecule has 2 atom stereocenters. The standard InChI is InChI=1S/C29H34ClN3O4S/c1-5-22(3)31-29(35)23(4)32(19-24-11-9-10-14-27(24)30)28(34)20-33(25-17-15-21(2)16-18-25)38(36,37)26-12-7-6-8-13-26/h6-18,22-23H,5,19-20H2,1-4H3,(H,31,35)/t22-,23+/m0/s1. The predicted octanol–water partition coefficient (Wildman–Crippen LogP) is 5.18. The predicted molar refractivity (Wildman–Crippen MR) is 152 cm³/mol. The maximum atomic E-state index is 13.9. The van der Waals surface area contributed by atoms with E-state index in [0.29, 0.717) is 16.3 Å². The number of carbonyl (C=O) groups excluding carboxylic acids is 2. The Morgan fingerprint density at radius 2 is 1.53 bits per heavy atom. The summed E-state index contributed by atoms with van der Waals surface area (Å²) < 4.78 is 28.5. The van der Waals surface area contributed by atoms with Crippen molar-refractivity contribution in [2.24, 2.45) is 0 Å². The first-order chi connectivity index (χ1) is 18.0. The summed E-state index contributed by atoms with van der Waals surface area (Å²) in [5.74, 6) is -0.857. The van der Waals surface area contributed by atoms with Crippen LogP contribution < -0.4 is 9.62 Å². The van der Waals surface area contributed by atoms with E-state index in [1.807, 2.05) is 20.8 Å². The van der Waals surface area contributed by atoms with Crippen molar-refractivity contribution in [1.29, 1.82) is 0 Å². The summed E-state index contributed by atoms with van der Waals surface area (Å²) in [7, 11) is -4.09. The van der Waals surface area contributed by atoms with Gasteiger partial charge in [-0.05, 0) is 63.1 Å². The zero-order chi connectivity index (χ0) is 27.9. The molecule has 38 heavy (non-hydrogen) atoms. The van der Waals surface area contributed by atoms with Crippen molar-refractivity contribution in [1.82, 2.24) is 10.2 Å². The van der Waals surface area contributed by atoms with Gasteiger partial charge in [-0.3, -0.25) is 13.9 Å². The van der Waals surface area contributed by atoms with E-state index >= 15 is 0 Å². The van der Waals surface area contributed by atoms with Crippen molar-refractivity contribution < 1.29 is 18.0 Å². The number of aryl methyl sites for hydroxylation is 1. The summed E-state index contributed by atoms with van der Waals surface area (Å²) in [5, 5.41) is 3.37. The van der Waals surface area contributed by atoms with E-state index < -0.39 is 28.5 Å². The summed E-state index contributed by atoms with van der Waals surface area (Å²) in [6.45, 7) is 6.92. The molecule has 3 aromatic rings. The number of hydrogen-bond acceptors (Lipinski definition) is 4. The number of sulfonamides is 1. The molecular weight excluding hydrogens is 522 g/mol. The van der Waals surface area contributed by atoms with Crippen LogP contribution in [0.15, 0.2) is 83.8 Å². The molecular formula is C29H34ClN3O4S. The monoisotopic (exact) mass is 555 g/mol. The van der Waals surface area contributed by atoms with Gasteiger partial charge in [0.25, 0.3) is 10.0 Å². The van der Waals surface area contributed by atoms with Gasteiger partial charge >= 0.3 is 0 Å². The Morgan fingerprint density at radius 3 is 2.13 bits per heavy atom. The van der Waals surface area contributed by atoms with Gasteiger partial charge in [-0.1, -0.05) is 72.6 Å². The molecule has 0 spiro atoms. The van der Waals surface area contributed by atoms with Crippen molar-refractivity contribution in [3.05, 3.63) is 95.0 Å². The second kappa shape index (κ2) is 12.9. The third-order valence-electron chi connectivity index (χ3n) is 6.40. The highest BCUT2D eigenvalue weighted by atomic mass is 35.5. The van der Waals surface area contributed by atoms with Gasteiger partial charge in [0.05, 0.1) is 10.6 Å². The van der Waals surface area contributed by atoms with Crippen molar-refractivity contribution in [3.8, 4) is 0 Å². The lowest BCUT2D eigenvalue weighted by atomic mass is 10.1. The molecule has 1 N–H and O–H groups in total. The average molecular weight is 556 g/mol. The number of rotatable bonds is 11. The van der Waals surface area contributed by atoms with Crippen molar-refractivity contribution in [2.45, 2.75) is 57.6 Å². The van der Waals surface area contributed by atoms with Crippen LogP contribution in [0.4, 0.5) is 5.69 Å². The van der Waals surface area contributed by atoms with Crippen molar-refractivity contribution in [3.63, 3.8) is 0 Å². The molecule has 0 bridgehead atoms. The molecule has 0 fully saturated rings. The van der Waals surface area contributed by atoms with E-state index in [0.717, 1.165) is 16.3 Å². The highest BCUT2D eigenvalue weighted by Gasteiger charge is 2.33. The summed E-state index contributed by atoms with van der Waals surface area (Å²) >= 11 is 6.39. The number of amides is 2. The van der Waals surface area contributed by atoms with Crippen molar-refractivity contribution >= 4 is 39.1 Å². The minimum atomic E-state index is -4.09. The third-order valence-corrected chi connectivity index (χ3v) is 8.56. The van der Waals surface area contributed by atoms with Gasteiger partial charge in [0, 0.05) is 17.6 Å². The molecule has 0 unspecified atom stereocenters. The number of hydrogen-bond donors (Lipinski definition) is 1. The minimum Gasteiger partial charge on any atom is -0.352 e. The molecule has 0 aromatic heterocycles. The van der Waals surface area contributed by atoms with E-state index in [1.165, 1.54) is 17.0 Å². The molecule has 3 rings (SSSR count). The number of anilines is 1. The molecule has 0 aliphatic carbocycles. The van der Waals surface area contributed by atoms with Crippen LogP contribution in [-0.4, -0.2) is 43.8 Å². The average Bonchev–Trinajstić information content (AvgIpc) is 2.91. The van der Waals surface area contributed by atoms with Crippen LogP contribution in [-0.2, 0) is 26.2 Å². The van der Waals surface area contributed by atoms with Crippen LogP contribution in [0.5, 0.6) is 0 Å². The first kappa shape index (κ1) is 29.2. The smallest absolute Gasteiger partial charge is 0.264 e. The highest BCUT2D eigenvalue weighted by Crippen LogP contribution is 2.25. The number of halogens is 1. The van der Waals surface area contributed by atoms with Gasteiger partial charge < -0.3 is 10.2 Å². The van der Waals surface area contributed by atoms with E-state index in [4.69, 9.17) is 11.6 Å². The summed E-state index contributed by atoms with van der Waals surface area (Å²) in [4.78, 5) is 28.4. The van der Waals surface area contributed by atoms with Gasteiger partial charge in [0.1, 0.15) is 12.6 Å². The highest BCUT2D eigenvalue weighted by molar-refractivity contribution is 7.92. The number of nitrogens with zero attached hydrogens (tertiary/aromatic N) is 2. The van der Waals surface area contributed by atoms with E-state index in [-0.39, 0.29) is 23.4 Å². The minimum absolute atomic E-state index is 0.0424. The number of nitrogens with one attached hydrogen (secondary N) is 1. The Labute approximate surface area is 230 Å². The number of carbonyl (C=O) groups is 2. The third kappa shape index (κ3) is 7.14. The largest absolute Gasteiger partial charge is 0.352 e. The molecule has 2 amide bonds. The molecule has 202 valence electrons. The maximum absolute atomic E-state index is 13.9. The molecule has 0 aliphatic rings. The van der Waals surface area contributed by atoms with Crippen LogP contribution in [0.2, 0.25) is 5.02 Å². The lowest BCUT2D eigenvalue weighted by Crippen LogP contribution is -2.52. The van der Waals surface area contributed by atoms with Crippen LogP contribution in [0.3, 0.4) is 0 Å². The fourth-order valence-corrected chi connectivity index (χ4v) is 5.45. The molecule has 0 saturated heterocycles. The Balaban J connectivity index is 2.02. The Bertz CT molecular complexity index is 1350. The Hall–Kier alpha value is -3.36. The van der Waals surface area contributed by atoms with Gasteiger partial charge in [-0.25, -0.2) is 8.42 Å². The van der Waals surface area contributed by atoms with Gasteiger partial charge in [0.2, 0.25) is 11.8 Å². The van der Waals surface area contributed by atoms with Gasteiger partial charge in [-0.15, -0.1) is 0 Å². The SMILES string of the molecule is CC[C@H](C)NC(=O)[C@@H](C)N(Cc1ccccc1Cl)C(=O)CN(c1ccc(C)cc1)S(=O)(=O)c1ccccc1. The first-order valence-electron chi connectivity index (χ1n) is 12.5. The van der Waals surface area contributed by atoms with E-state index in [9.17, 15) is 18.0 Å². The quantitative estimate of drug-likeness (QED) is 0.353. The van der Waals surface area contributed by atoms with Gasteiger partial charge in [0.15, 0.2) is 0 Å². The molecule has 7 nitrogen and oxygen atoms in total. The van der Waals surface area contributed by atoms with Crippen LogP contribution in [0.1, 0.15) is 38.3 Å². The zero-order valence-corrected chi connectivity index (χ0v) is 23.7. The zero-order valence-electron chi connectivity index (χ0n) is 22.1. The summed E-state index contributed by atoms with van der Waals surface area (Å²) in [6, 6.07) is 21.0. The molecule has 9 heteroatoms. The number of benzene rings is 3. The fourth-order valence-electron chi connectivity index (χ4n) is 3.82. The van der Waals surface area contributed by atoms with Gasteiger partial charge in [-0.2, -0.15) is 0 Å². The van der Waals surface area contributed by atoms with E-state index in [1.54, 1.807) is 73.7 Å². The summed E-state index contributed by atoms with van der Waals surface area (Å²) in [6.07, 6.45) is 0.730. The molecule has 0 saturated carbocycles. The lowest BCUT2D eigenvalue weighted by molar-refractivity contribution is -0.139. The maximum Gasteiger partial charge on any atom is 0.264 e. The fraction of sp³-hybridized carbons (Fsp3) is 0.310. The second-order valence-corrected chi connectivity index (χ2v) is 11.5. The first-order valence-corrected chi connectivity index (χ1v) is 14.3. The molecule has 0 aliphatic heterocycles. The second-order valence-electron chi connectivity index (χ2n) is 9.27. The van der Waals surface area contributed by atoms with Crippen molar-refractivity contribution in [2.75, 3.05) is 10.8 Å². The van der Waals surface area contributed by atoms with Crippen LogP contribution in [0.25, 0.3) is 0 Å². The Kier molecular flexibility index (Phi) is 9.94. The lowest BCUT2D eigenvalue weighted by Gasteiger charge is -2.32. The summed E-state index contributed by atoms with van der Waals surface area (Å²) in [5.41, 5.74) is 1.95. The molecule has 3 aromatic carbocycles.